The van der Waals surface area contributed by atoms with E-state index < -0.39 is 5.60 Å². The van der Waals surface area contributed by atoms with E-state index in [1.165, 1.54) is 16.8 Å². The summed E-state index contributed by atoms with van der Waals surface area (Å²) in [6.45, 7) is 13.5. The van der Waals surface area contributed by atoms with Gasteiger partial charge in [0.2, 0.25) is 0 Å². The van der Waals surface area contributed by atoms with E-state index in [1.54, 1.807) is 0 Å². The lowest BCUT2D eigenvalue weighted by molar-refractivity contribution is -0.0282. The topological polar surface area (TPSA) is 41.3 Å². The zero-order valence-electron chi connectivity index (χ0n) is 16.2. The molecule has 1 fully saturated rings. The van der Waals surface area contributed by atoms with Gasteiger partial charge in [-0.2, -0.15) is 5.10 Å². The molecule has 1 aliphatic rings. The van der Waals surface area contributed by atoms with Crippen molar-refractivity contribution in [3.8, 4) is 0 Å². The van der Waals surface area contributed by atoms with Gasteiger partial charge in [0.05, 0.1) is 11.3 Å². The molecule has 0 radical (unpaired) electrons. The summed E-state index contributed by atoms with van der Waals surface area (Å²) < 4.78 is 2.12. The van der Waals surface area contributed by atoms with Crippen LogP contribution in [0, 0.1) is 20.8 Å². The number of aliphatic hydroxyl groups is 1. The highest BCUT2D eigenvalue weighted by Gasteiger charge is 2.35. The molecule has 1 saturated heterocycles. The number of aryl methyl sites for hydroxylation is 2. The second-order valence-electron chi connectivity index (χ2n) is 7.81. The maximum atomic E-state index is 11.2. The first kappa shape index (κ1) is 18.2. The number of hydrogen-bond donors (Lipinski definition) is 1. The molecule has 4 heteroatoms. The zero-order valence-corrected chi connectivity index (χ0v) is 16.2. The van der Waals surface area contributed by atoms with E-state index in [0.29, 0.717) is 6.04 Å². The molecule has 0 unspecified atom stereocenters. The van der Waals surface area contributed by atoms with Gasteiger partial charge in [-0.05, 0) is 58.6 Å². The first-order valence-electron chi connectivity index (χ1n) is 9.37. The van der Waals surface area contributed by atoms with E-state index in [0.717, 1.165) is 43.7 Å². The summed E-state index contributed by atoms with van der Waals surface area (Å²) >= 11 is 0. The number of benzene rings is 1. The maximum absolute atomic E-state index is 11.2. The molecule has 0 atom stereocenters. The molecule has 136 valence electrons. The van der Waals surface area contributed by atoms with E-state index in [4.69, 9.17) is 5.10 Å². The van der Waals surface area contributed by atoms with Gasteiger partial charge in [-0.25, -0.2) is 0 Å². The Bertz CT molecular complexity index is 740. The lowest BCUT2D eigenvalue weighted by atomic mass is 9.82. The summed E-state index contributed by atoms with van der Waals surface area (Å²) in [5.74, 6) is 0. The van der Waals surface area contributed by atoms with E-state index >= 15 is 0 Å². The maximum Gasteiger partial charge on any atom is 0.0923 e. The SMILES string of the molecule is Cc1ccccc1C1(O)CCN(Cc2c(C)nn(C(C)C)c2C)CC1. The van der Waals surface area contributed by atoms with Crippen LogP contribution in [-0.2, 0) is 12.1 Å². The van der Waals surface area contributed by atoms with E-state index in [1.807, 2.05) is 12.1 Å². The highest BCUT2D eigenvalue weighted by molar-refractivity contribution is 5.32. The predicted molar refractivity (Wildman–Crippen MR) is 102 cm³/mol. The highest BCUT2D eigenvalue weighted by Crippen LogP contribution is 2.35. The summed E-state index contributed by atoms with van der Waals surface area (Å²) in [4.78, 5) is 2.45. The smallest absolute Gasteiger partial charge is 0.0923 e. The van der Waals surface area contributed by atoms with Crippen LogP contribution in [0.1, 0.15) is 60.8 Å². The van der Waals surface area contributed by atoms with Crippen LogP contribution in [0.15, 0.2) is 24.3 Å². The van der Waals surface area contributed by atoms with Gasteiger partial charge in [-0.1, -0.05) is 24.3 Å². The molecule has 0 aliphatic carbocycles. The molecule has 0 saturated carbocycles. The van der Waals surface area contributed by atoms with Crippen LogP contribution in [0.3, 0.4) is 0 Å². The van der Waals surface area contributed by atoms with Crippen LogP contribution < -0.4 is 0 Å². The van der Waals surface area contributed by atoms with Crippen molar-refractivity contribution in [2.24, 2.45) is 0 Å². The van der Waals surface area contributed by atoms with Crippen LogP contribution in [-0.4, -0.2) is 32.9 Å². The first-order chi connectivity index (χ1) is 11.8. The molecule has 2 aromatic rings. The Morgan fingerprint density at radius 2 is 1.76 bits per heavy atom. The molecule has 1 aliphatic heterocycles. The Morgan fingerprint density at radius 1 is 1.12 bits per heavy atom. The van der Waals surface area contributed by atoms with Crippen molar-refractivity contribution in [2.45, 2.75) is 65.6 Å². The quantitative estimate of drug-likeness (QED) is 0.918. The van der Waals surface area contributed by atoms with Gasteiger partial charge in [0.25, 0.3) is 0 Å². The van der Waals surface area contributed by atoms with Crippen molar-refractivity contribution in [1.82, 2.24) is 14.7 Å². The van der Waals surface area contributed by atoms with Gasteiger partial charge >= 0.3 is 0 Å². The average molecular weight is 341 g/mol. The number of rotatable bonds is 4. The minimum atomic E-state index is -0.686. The molecule has 25 heavy (non-hydrogen) atoms. The van der Waals surface area contributed by atoms with Crippen molar-refractivity contribution < 1.29 is 5.11 Å². The molecule has 4 nitrogen and oxygen atoms in total. The Labute approximate surface area is 151 Å². The molecule has 3 rings (SSSR count). The third-order valence-corrected chi connectivity index (χ3v) is 5.68. The summed E-state index contributed by atoms with van der Waals surface area (Å²) in [7, 11) is 0. The number of nitrogens with zero attached hydrogens (tertiary/aromatic N) is 3. The zero-order chi connectivity index (χ0) is 18.2. The highest BCUT2D eigenvalue weighted by atomic mass is 16.3. The number of piperidine rings is 1. The lowest BCUT2D eigenvalue weighted by Gasteiger charge is -2.39. The third kappa shape index (κ3) is 3.51. The number of aromatic nitrogens is 2. The van der Waals surface area contributed by atoms with Crippen molar-refractivity contribution in [3.63, 3.8) is 0 Å². The van der Waals surface area contributed by atoms with Gasteiger partial charge < -0.3 is 5.11 Å². The fraction of sp³-hybridized carbons (Fsp3) is 0.571. The molecule has 1 aromatic carbocycles. The van der Waals surface area contributed by atoms with Crippen LogP contribution in [0.5, 0.6) is 0 Å². The third-order valence-electron chi connectivity index (χ3n) is 5.68. The predicted octanol–water partition coefficient (Wildman–Crippen LogP) is 3.87. The number of hydrogen-bond acceptors (Lipinski definition) is 3. The first-order valence-corrected chi connectivity index (χ1v) is 9.37. The van der Waals surface area contributed by atoms with E-state index in [2.05, 4.69) is 56.3 Å². The second kappa shape index (κ2) is 6.93. The van der Waals surface area contributed by atoms with Crippen LogP contribution >= 0.6 is 0 Å². The van der Waals surface area contributed by atoms with Crippen LogP contribution in [0.2, 0.25) is 0 Å². The summed E-state index contributed by atoms with van der Waals surface area (Å²) in [6, 6.07) is 8.62. The Hall–Kier alpha value is -1.65. The van der Waals surface area contributed by atoms with Gasteiger partial charge in [-0.15, -0.1) is 0 Å². The monoisotopic (exact) mass is 341 g/mol. The lowest BCUT2D eigenvalue weighted by Crippen LogP contribution is -2.42. The van der Waals surface area contributed by atoms with Crippen LogP contribution in [0.4, 0.5) is 0 Å². The summed E-state index contributed by atoms with van der Waals surface area (Å²) in [5.41, 5.74) is 5.33. The largest absolute Gasteiger partial charge is 0.385 e. The fourth-order valence-corrected chi connectivity index (χ4v) is 4.10. The Kier molecular flexibility index (Phi) is 5.03. The fourth-order valence-electron chi connectivity index (χ4n) is 4.10. The standard InChI is InChI=1S/C21H31N3O/c1-15(2)24-18(5)19(17(4)22-24)14-23-12-10-21(25,11-13-23)20-9-7-6-8-16(20)3/h6-9,15,25H,10-14H2,1-5H3. The normalized spacial score (nSPS) is 18.0. The summed E-state index contributed by atoms with van der Waals surface area (Å²) in [6.07, 6.45) is 1.57. The minimum absolute atomic E-state index is 0.389. The van der Waals surface area contributed by atoms with Gasteiger partial charge in [-0.3, -0.25) is 9.58 Å². The van der Waals surface area contributed by atoms with Gasteiger partial charge in [0.1, 0.15) is 0 Å². The van der Waals surface area contributed by atoms with Gasteiger partial charge in [0, 0.05) is 36.9 Å². The molecular formula is C21H31N3O. The van der Waals surface area contributed by atoms with Crippen molar-refractivity contribution in [1.29, 1.82) is 0 Å². The van der Waals surface area contributed by atoms with E-state index in [9.17, 15) is 5.11 Å². The summed E-state index contributed by atoms with van der Waals surface area (Å²) in [5, 5.41) is 15.9. The Balaban J connectivity index is 1.71. The molecule has 0 spiro atoms. The molecule has 1 aromatic heterocycles. The van der Waals surface area contributed by atoms with Crippen molar-refractivity contribution in [3.05, 3.63) is 52.3 Å². The molecule has 0 bridgehead atoms. The minimum Gasteiger partial charge on any atom is -0.385 e. The van der Waals surface area contributed by atoms with Gasteiger partial charge in [0.15, 0.2) is 0 Å². The second-order valence-corrected chi connectivity index (χ2v) is 7.81. The average Bonchev–Trinajstić information content (AvgIpc) is 2.85. The molecule has 1 N–H and O–H groups in total. The van der Waals surface area contributed by atoms with Crippen molar-refractivity contribution in [2.75, 3.05) is 13.1 Å². The molecular weight excluding hydrogens is 310 g/mol. The van der Waals surface area contributed by atoms with E-state index in [-0.39, 0.29) is 0 Å². The Morgan fingerprint density at radius 3 is 2.32 bits per heavy atom. The van der Waals surface area contributed by atoms with Crippen molar-refractivity contribution >= 4 is 0 Å². The molecule has 2 heterocycles. The van der Waals surface area contributed by atoms with Crippen LogP contribution in [0.25, 0.3) is 0 Å². The number of likely N-dealkylation sites (tertiary alicyclic amines) is 1. The molecule has 0 amide bonds.